The lowest BCUT2D eigenvalue weighted by Gasteiger charge is -2.25. The molecule has 0 saturated heterocycles. The van der Waals surface area contributed by atoms with Crippen molar-refractivity contribution in [2.75, 3.05) is 0 Å². The maximum absolute atomic E-state index is 13.2. The van der Waals surface area contributed by atoms with E-state index in [0.717, 1.165) is 36.2 Å². The quantitative estimate of drug-likeness (QED) is 0.526. The zero-order chi connectivity index (χ0) is 20.6. The zero-order valence-corrected chi connectivity index (χ0v) is 17.2. The molecule has 0 atom stereocenters. The summed E-state index contributed by atoms with van der Waals surface area (Å²) >= 11 is 1.55. The van der Waals surface area contributed by atoms with Crippen molar-refractivity contribution in [2.45, 2.75) is 38.1 Å². The maximum Gasteiger partial charge on any atom is 0.291 e. The average Bonchev–Trinajstić information content (AvgIpc) is 3.54. The summed E-state index contributed by atoms with van der Waals surface area (Å²) in [5, 5.41) is 13.7. The first kappa shape index (κ1) is 18.7. The largest absolute Gasteiger partial charge is 0.340 e. The Bertz CT molecular complexity index is 1160. The molecule has 0 spiro atoms. The van der Waals surface area contributed by atoms with Crippen LogP contribution in [0.4, 0.5) is 0 Å². The first-order chi connectivity index (χ1) is 14.6. The predicted molar refractivity (Wildman–Crippen MR) is 111 cm³/mol. The number of benzene rings is 1. The third kappa shape index (κ3) is 3.30. The fourth-order valence-corrected chi connectivity index (χ4v) is 4.57. The van der Waals surface area contributed by atoms with Crippen LogP contribution in [0.5, 0.6) is 0 Å². The van der Waals surface area contributed by atoms with Crippen LogP contribution in [-0.2, 0) is 5.54 Å². The molecule has 1 amide bonds. The monoisotopic (exact) mass is 420 g/mol. The van der Waals surface area contributed by atoms with E-state index in [9.17, 15) is 4.79 Å². The van der Waals surface area contributed by atoms with Crippen LogP contribution >= 0.6 is 11.3 Å². The molecule has 8 nitrogen and oxygen atoms in total. The van der Waals surface area contributed by atoms with Crippen molar-refractivity contribution in [1.29, 1.82) is 0 Å². The highest BCUT2D eigenvalue weighted by atomic mass is 32.1. The molecule has 9 heteroatoms. The SMILES string of the molecule is Cc1nc(C2(NC(=O)c3nc(-c4cccs4)n(-c4ccccc4)n3)CCCC2)no1. The molecule has 0 aliphatic heterocycles. The lowest BCUT2D eigenvalue weighted by molar-refractivity contribution is 0.0881. The fourth-order valence-electron chi connectivity index (χ4n) is 3.87. The summed E-state index contributed by atoms with van der Waals surface area (Å²) < 4.78 is 6.88. The number of aryl methyl sites for hydroxylation is 1. The van der Waals surface area contributed by atoms with E-state index in [1.807, 2.05) is 47.8 Å². The topological polar surface area (TPSA) is 98.7 Å². The fraction of sp³-hybridized carbons (Fsp3) is 0.286. The third-order valence-corrected chi connectivity index (χ3v) is 6.18. The maximum atomic E-state index is 13.2. The molecule has 1 fully saturated rings. The Morgan fingerprint density at radius 1 is 1.13 bits per heavy atom. The van der Waals surface area contributed by atoms with Crippen molar-refractivity contribution in [1.82, 2.24) is 30.2 Å². The predicted octanol–water partition coefficient (Wildman–Crippen LogP) is 3.89. The first-order valence-corrected chi connectivity index (χ1v) is 10.7. The smallest absolute Gasteiger partial charge is 0.291 e. The van der Waals surface area contributed by atoms with Gasteiger partial charge in [-0.1, -0.05) is 42.3 Å². The molecule has 0 bridgehead atoms. The summed E-state index contributed by atoms with van der Waals surface area (Å²) in [6.07, 6.45) is 3.49. The molecule has 3 aromatic heterocycles. The Morgan fingerprint density at radius 2 is 1.93 bits per heavy atom. The number of hydrogen-bond acceptors (Lipinski definition) is 7. The van der Waals surface area contributed by atoms with Crippen molar-refractivity contribution in [3.63, 3.8) is 0 Å². The van der Waals surface area contributed by atoms with E-state index in [1.165, 1.54) is 0 Å². The van der Waals surface area contributed by atoms with Gasteiger partial charge in [0.1, 0.15) is 5.54 Å². The second kappa shape index (κ2) is 7.49. The van der Waals surface area contributed by atoms with Crippen molar-refractivity contribution < 1.29 is 9.32 Å². The minimum absolute atomic E-state index is 0.119. The van der Waals surface area contributed by atoms with Gasteiger partial charge in [-0.3, -0.25) is 4.79 Å². The molecule has 152 valence electrons. The molecule has 30 heavy (non-hydrogen) atoms. The molecule has 1 aromatic carbocycles. The lowest BCUT2D eigenvalue weighted by Crippen LogP contribution is -2.45. The van der Waals surface area contributed by atoms with Crippen LogP contribution in [0.3, 0.4) is 0 Å². The van der Waals surface area contributed by atoms with Crippen molar-refractivity contribution in [3.8, 4) is 16.4 Å². The number of rotatable bonds is 5. The molecular weight excluding hydrogens is 400 g/mol. The Kier molecular flexibility index (Phi) is 4.66. The number of thiophene rings is 1. The number of carbonyl (C=O) groups excluding carboxylic acids is 1. The molecule has 3 heterocycles. The van der Waals surface area contributed by atoms with Gasteiger partial charge in [-0.25, -0.2) is 9.67 Å². The number of amides is 1. The molecule has 0 unspecified atom stereocenters. The van der Waals surface area contributed by atoms with Crippen molar-refractivity contribution in [2.24, 2.45) is 0 Å². The highest BCUT2D eigenvalue weighted by molar-refractivity contribution is 7.13. The Labute approximate surface area is 177 Å². The van der Waals surface area contributed by atoms with Gasteiger partial charge in [0.05, 0.1) is 10.6 Å². The van der Waals surface area contributed by atoms with Gasteiger partial charge >= 0.3 is 0 Å². The summed E-state index contributed by atoms with van der Waals surface area (Å²) in [4.78, 5) is 23.1. The molecule has 1 aliphatic carbocycles. The van der Waals surface area contributed by atoms with Crippen LogP contribution < -0.4 is 5.32 Å². The molecule has 1 saturated carbocycles. The van der Waals surface area contributed by atoms with Gasteiger partial charge in [0.25, 0.3) is 5.91 Å². The molecule has 0 radical (unpaired) electrons. The summed E-state index contributed by atoms with van der Waals surface area (Å²) in [5.41, 5.74) is 0.202. The van der Waals surface area contributed by atoms with Gasteiger partial charge in [0.2, 0.25) is 11.7 Å². The second-order valence-corrected chi connectivity index (χ2v) is 8.31. The van der Waals surface area contributed by atoms with E-state index >= 15 is 0 Å². The number of nitrogens with one attached hydrogen (secondary N) is 1. The number of hydrogen-bond donors (Lipinski definition) is 1. The van der Waals surface area contributed by atoms with E-state index in [2.05, 4.69) is 25.5 Å². The van der Waals surface area contributed by atoms with Crippen LogP contribution in [0.25, 0.3) is 16.4 Å². The summed E-state index contributed by atoms with van der Waals surface area (Å²) in [6.45, 7) is 1.75. The molecule has 1 aliphatic rings. The Hall–Kier alpha value is -3.33. The Balaban J connectivity index is 1.52. The number of carbonyl (C=O) groups is 1. The standard InChI is InChI=1S/C21H20N6O2S/c1-14-22-20(26-29-14)21(11-5-6-12-21)24-19(28)17-23-18(16-10-7-13-30-16)27(25-17)15-8-3-2-4-9-15/h2-4,7-10,13H,5-6,11-12H2,1H3,(H,24,28). The number of aromatic nitrogens is 5. The number of para-hydroxylation sites is 1. The minimum atomic E-state index is -0.643. The van der Waals surface area contributed by atoms with Gasteiger partial charge in [0, 0.05) is 6.92 Å². The van der Waals surface area contributed by atoms with E-state index in [0.29, 0.717) is 17.5 Å². The Morgan fingerprint density at radius 3 is 2.60 bits per heavy atom. The van der Waals surface area contributed by atoms with Crippen molar-refractivity contribution >= 4 is 17.2 Å². The average molecular weight is 420 g/mol. The van der Waals surface area contributed by atoms with E-state index in [-0.39, 0.29) is 11.7 Å². The van der Waals surface area contributed by atoms with Crippen LogP contribution in [0.15, 0.2) is 52.4 Å². The third-order valence-electron chi connectivity index (χ3n) is 5.32. The normalized spacial score (nSPS) is 15.4. The van der Waals surface area contributed by atoms with Crippen LogP contribution in [0.1, 0.15) is 48.0 Å². The van der Waals surface area contributed by atoms with Gasteiger partial charge in [0.15, 0.2) is 11.6 Å². The van der Waals surface area contributed by atoms with E-state index in [1.54, 1.807) is 22.9 Å². The van der Waals surface area contributed by atoms with Gasteiger partial charge < -0.3 is 9.84 Å². The minimum Gasteiger partial charge on any atom is -0.340 e. The summed E-state index contributed by atoms with van der Waals surface area (Å²) in [7, 11) is 0. The second-order valence-electron chi connectivity index (χ2n) is 7.36. The molecular formula is C21H20N6O2S. The van der Waals surface area contributed by atoms with E-state index in [4.69, 9.17) is 4.52 Å². The molecule has 4 aromatic rings. The van der Waals surface area contributed by atoms with Crippen LogP contribution in [0, 0.1) is 6.92 Å². The van der Waals surface area contributed by atoms with Gasteiger partial charge in [-0.05, 0) is 36.4 Å². The van der Waals surface area contributed by atoms with Crippen molar-refractivity contribution in [3.05, 3.63) is 65.4 Å². The van der Waals surface area contributed by atoms with Gasteiger partial charge in [-0.2, -0.15) is 4.98 Å². The summed E-state index contributed by atoms with van der Waals surface area (Å²) in [6, 6.07) is 13.6. The highest BCUT2D eigenvalue weighted by Gasteiger charge is 2.42. The molecule has 1 N–H and O–H groups in total. The lowest BCUT2D eigenvalue weighted by atomic mass is 9.96. The van der Waals surface area contributed by atoms with E-state index < -0.39 is 5.54 Å². The molecule has 5 rings (SSSR count). The number of nitrogens with zero attached hydrogens (tertiary/aromatic N) is 5. The van der Waals surface area contributed by atoms with Crippen LogP contribution in [0.2, 0.25) is 0 Å². The summed E-state index contributed by atoms with van der Waals surface area (Å²) in [5.74, 6) is 1.42. The van der Waals surface area contributed by atoms with Gasteiger partial charge in [-0.15, -0.1) is 16.4 Å². The first-order valence-electron chi connectivity index (χ1n) is 9.84. The highest BCUT2D eigenvalue weighted by Crippen LogP contribution is 2.37. The zero-order valence-electron chi connectivity index (χ0n) is 16.4. The van der Waals surface area contributed by atoms with Crippen LogP contribution in [-0.4, -0.2) is 30.8 Å².